The summed E-state index contributed by atoms with van der Waals surface area (Å²) in [6.45, 7) is 1.57. The van der Waals surface area contributed by atoms with E-state index in [4.69, 9.17) is 23.2 Å². The molecule has 0 atom stereocenters. The van der Waals surface area contributed by atoms with E-state index >= 15 is 0 Å². The van der Waals surface area contributed by atoms with Gasteiger partial charge in [-0.05, 0) is 26.1 Å². The third-order valence-corrected chi connectivity index (χ3v) is 2.92. The van der Waals surface area contributed by atoms with Crippen molar-refractivity contribution in [2.45, 2.75) is 6.42 Å². The van der Waals surface area contributed by atoms with Crippen molar-refractivity contribution in [3.05, 3.63) is 21.9 Å². The van der Waals surface area contributed by atoms with Gasteiger partial charge in [-0.25, -0.2) is 0 Å². The number of carbonyl (C=O) groups is 1. The van der Waals surface area contributed by atoms with E-state index in [9.17, 15) is 4.79 Å². The van der Waals surface area contributed by atoms with Crippen LogP contribution in [0.15, 0.2) is 6.07 Å². The first-order valence-electron chi connectivity index (χ1n) is 5.00. The normalized spacial score (nSPS) is 10.5. The smallest absolute Gasteiger partial charge is 0.270 e. The molecule has 0 bridgehead atoms. The van der Waals surface area contributed by atoms with Crippen LogP contribution in [0, 0.1) is 0 Å². The molecular formula is C10H15Cl2N3O. The van der Waals surface area contributed by atoms with Gasteiger partial charge in [-0.15, -0.1) is 0 Å². The molecule has 0 saturated heterocycles. The minimum absolute atomic E-state index is 0.107. The average Bonchev–Trinajstić information content (AvgIpc) is 2.58. The van der Waals surface area contributed by atoms with Crippen molar-refractivity contribution in [3.63, 3.8) is 0 Å². The first-order valence-corrected chi connectivity index (χ1v) is 5.76. The van der Waals surface area contributed by atoms with Crippen molar-refractivity contribution in [1.82, 2.24) is 15.2 Å². The summed E-state index contributed by atoms with van der Waals surface area (Å²) in [6, 6.07) is 1.54. The molecule has 1 rings (SSSR count). The lowest BCUT2D eigenvalue weighted by Gasteiger charge is -2.15. The Labute approximate surface area is 105 Å². The van der Waals surface area contributed by atoms with Gasteiger partial charge in [-0.2, -0.15) is 0 Å². The van der Waals surface area contributed by atoms with E-state index in [1.807, 2.05) is 7.05 Å². The van der Waals surface area contributed by atoms with Gasteiger partial charge in [0.1, 0.15) is 10.8 Å². The maximum atomic E-state index is 11.9. The molecular weight excluding hydrogens is 249 g/mol. The molecule has 0 aromatic carbocycles. The summed E-state index contributed by atoms with van der Waals surface area (Å²) in [5.74, 6) is -0.107. The molecule has 0 spiro atoms. The maximum absolute atomic E-state index is 11.9. The lowest BCUT2D eigenvalue weighted by atomic mass is 10.3. The molecule has 0 aliphatic rings. The van der Waals surface area contributed by atoms with Crippen LogP contribution < -0.4 is 5.32 Å². The molecule has 0 fully saturated rings. The zero-order chi connectivity index (χ0) is 12.1. The summed E-state index contributed by atoms with van der Waals surface area (Å²) in [6.07, 6.45) is 0.904. The van der Waals surface area contributed by atoms with Crippen molar-refractivity contribution in [3.8, 4) is 0 Å². The van der Waals surface area contributed by atoms with Crippen LogP contribution >= 0.6 is 23.2 Å². The monoisotopic (exact) mass is 263 g/mol. The fourth-order valence-corrected chi connectivity index (χ4v) is 1.63. The van der Waals surface area contributed by atoms with Gasteiger partial charge in [0.15, 0.2) is 0 Å². The number of nitrogens with one attached hydrogen (secondary N) is 2. The second-order valence-corrected chi connectivity index (χ2v) is 4.31. The van der Waals surface area contributed by atoms with Gasteiger partial charge < -0.3 is 15.2 Å². The number of aromatic amines is 1. The lowest BCUT2D eigenvalue weighted by Crippen LogP contribution is -2.29. The van der Waals surface area contributed by atoms with Crippen LogP contribution in [-0.2, 0) is 0 Å². The molecule has 90 valence electrons. The molecule has 1 aromatic heterocycles. The SMILES string of the molecule is CNCCCN(C)C(=O)c1cc(Cl)c(Cl)[nH]1. The highest BCUT2D eigenvalue weighted by Crippen LogP contribution is 2.22. The minimum atomic E-state index is -0.107. The number of halogens is 2. The molecule has 1 amide bonds. The van der Waals surface area contributed by atoms with E-state index in [2.05, 4.69) is 10.3 Å². The van der Waals surface area contributed by atoms with Crippen LogP contribution in [0.5, 0.6) is 0 Å². The van der Waals surface area contributed by atoms with Gasteiger partial charge in [-0.1, -0.05) is 23.2 Å². The summed E-state index contributed by atoms with van der Waals surface area (Å²) >= 11 is 11.5. The summed E-state index contributed by atoms with van der Waals surface area (Å²) < 4.78 is 0. The summed E-state index contributed by atoms with van der Waals surface area (Å²) in [7, 11) is 3.63. The average molecular weight is 264 g/mol. The van der Waals surface area contributed by atoms with E-state index in [-0.39, 0.29) is 5.91 Å². The highest BCUT2D eigenvalue weighted by atomic mass is 35.5. The molecule has 0 saturated carbocycles. The van der Waals surface area contributed by atoms with Crippen LogP contribution in [0.25, 0.3) is 0 Å². The van der Waals surface area contributed by atoms with Crippen LogP contribution in [0.1, 0.15) is 16.9 Å². The van der Waals surface area contributed by atoms with E-state index in [1.54, 1.807) is 18.0 Å². The number of nitrogens with zero attached hydrogens (tertiary/aromatic N) is 1. The Morgan fingerprint density at radius 2 is 2.25 bits per heavy atom. The summed E-state index contributed by atoms with van der Waals surface area (Å²) in [5.41, 5.74) is 0.418. The Kier molecular flexibility index (Phi) is 5.12. The van der Waals surface area contributed by atoms with Crippen molar-refractivity contribution in [2.75, 3.05) is 27.2 Å². The second kappa shape index (κ2) is 6.13. The quantitative estimate of drug-likeness (QED) is 0.799. The van der Waals surface area contributed by atoms with Crippen LogP contribution in [0.3, 0.4) is 0 Å². The molecule has 0 radical (unpaired) electrons. The topological polar surface area (TPSA) is 48.1 Å². The molecule has 1 heterocycles. The predicted molar refractivity (Wildman–Crippen MR) is 66.3 cm³/mol. The molecule has 4 nitrogen and oxygen atoms in total. The number of carbonyl (C=O) groups excluding carboxylic acids is 1. The van der Waals surface area contributed by atoms with Crippen molar-refractivity contribution < 1.29 is 4.79 Å². The largest absolute Gasteiger partial charge is 0.340 e. The number of rotatable bonds is 5. The van der Waals surface area contributed by atoms with Crippen LogP contribution in [-0.4, -0.2) is 43.0 Å². The Hall–Kier alpha value is -0.710. The second-order valence-electron chi connectivity index (χ2n) is 3.53. The van der Waals surface area contributed by atoms with Gasteiger partial charge in [-0.3, -0.25) is 4.79 Å². The lowest BCUT2D eigenvalue weighted by molar-refractivity contribution is 0.0788. The number of aromatic nitrogens is 1. The molecule has 1 aromatic rings. The van der Waals surface area contributed by atoms with E-state index in [1.165, 1.54) is 0 Å². The van der Waals surface area contributed by atoms with Crippen molar-refractivity contribution >= 4 is 29.1 Å². The molecule has 0 aliphatic heterocycles. The maximum Gasteiger partial charge on any atom is 0.270 e. The Bertz CT molecular complexity index is 345. The van der Waals surface area contributed by atoms with Crippen LogP contribution in [0.4, 0.5) is 0 Å². The highest BCUT2D eigenvalue weighted by Gasteiger charge is 2.15. The molecule has 2 N–H and O–H groups in total. The van der Waals surface area contributed by atoms with E-state index < -0.39 is 0 Å². The van der Waals surface area contributed by atoms with Crippen LogP contribution in [0.2, 0.25) is 10.2 Å². The van der Waals surface area contributed by atoms with Gasteiger partial charge in [0, 0.05) is 13.6 Å². The fraction of sp³-hybridized carbons (Fsp3) is 0.500. The minimum Gasteiger partial charge on any atom is -0.340 e. The number of H-pyrrole nitrogens is 1. The standard InChI is InChI=1S/C10H15Cl2N3O/c1-13-4-3-5-15(2)10(16)8-6-7(11)9(12)14-8/h6,13-14H,3-5H2,1-2H3. The van der Waals surface area contributed by atoms with E-state index in [0.717, 1.165) is 13.0 Å². The predicted octanol–water partition coefficient (Wildman–Crippen LogP) is 2.00. The Balaban J connectivity index is 2.56. The summed E-state index contributed by atoms with van der Waals surface area (Å²) in [4.78, 5) is 16.2. The van der Waals surface area contributed by atoms with Crippen molar-refractivity contribution in [1.29, 1.82) is 0 Å². The zero-order valence-electron chi connectivity index (χ0n) is 9.31. The third kappa shape index (κ3) is 3.40. The third-order valence-electron chi connectivity index (χ3n) is 2.22. The fourth-order valence-electron chi connectivity index (χ4n) is 1.32. The molecule has 0 aliphatic carbocycles. The van der Waals surface area contributed by atoms with Gasteiger partial charge >= 0.3 is 0 Å². The molecule has 16 heavy (non-hydrogen) atoms. The zero-order valence-corrected chi connectivity index (χ0v) is 10.8. The van der Waals surface area contributed by atoms with Gasteiger partial charge in [0.2, 0.25) is 0 Å². The number of hydrogen-bond acceptors (Lipinski definition) is 2. The van der Waals surface area contributed by atoms with E-state index in [0.29, 0.717) is 22.4 Å². The Morgan fingerprint density at radius 3 is 2.75 bits per heavy atom. The van der Waals surface area contributed by atoms with Crippen molar-refractivity contribution in [2.24, 2.45) is 0 Å². The molecule has 0 unspecified atom stereocenters. The number of amides is 1. The number of hydrogen-bond donors (Lipinski definition) is 2. The highest BCUT2D eigenvalue weighted by molar-refractivity contribution is 6.41. The first kappa shape index (κ1) is 13.4. The first-order chi connectivity index (χ1) is 7.56. The molecule has 6 heteroatoms. The Morgan fingerprint density at radius 1 is 1.56 bits per heavy atom. The van der Waals surface area contributed by atoms with Gasteiger partial charge in [0.25, 0.3) is 5.91 Å². The summed E-state index contributed by atoms with van der Waals surface area (Å²) in [5, 5.41) is 3.70. The van der Waals surface area contributed by atoms with Gasteiger partial charge in [0.05, 0.1) is 5.02 Å².